The molecule has 2 heterocycles. The summed E-state index contributed by atoms with van der Waals surface area (Å²) in [6.45, 7) is 2.91. The molecule has 25 heavy (non-hydrogen) atoms. The summed E-state index contributed by atoms with van der Waals surface area (Å²) in [7, 11) is 1.60. The number of nitrogens with one attached hydrogen (secondary N) is 1. The Hall–Kier alpha value is -2.41. The van der Waals surface area contributed by atoms with E-state index in [4.69, 9.17) is 4.74 Å². The zero-order chi connectivity index (χ0) is 17.8. The lowest BCUT2D eigenvalue weighted by molar-refractivity contribution is -0.126. The first-order valence-electron chi connectivity index (χ1n) is 8.20. The van der Waals surface area contributed by atoms with Gasteiger partial charge in [-0.2, -0.15) is 0 Å². The molecule has 2 amide bonds. The molecule has 0 unspecified atom stereocenters. The number of thiazole rings is 1. The van der Waals surface area contributed by atoms with Gasteiger partial charge in [-0.3, -0.25) is 9.59 Å². The van der Waals surface area contributed by atoms with Crippen LogP contribution in [-0.4, -0.2) is 37.0 Å². The van der Waals surface area contributed by atoms with Gasteiger partial charge in [0.25, 0.3) is 0 Å². The number of anilines is 1. The van der Waals surface area contributed by atoms with Crippen molar-refractivity contribution in [3.63, 3.8) is 0 Å². The first-order chi connectivity index (χ1) is 12.1. The number of nitrogens with zero attached hydrogens (tertiary/aromatic N) is 2. The van der Waals surface area contributed by atoms with E-state index in [1.807, 2.05) is 36.6 Å². The zero-order valence-corrected chi connectivity index (χ0v) is 15.1. The van der Waals surface area contributed by atoms with Crippen molar-refractivity contribution < 1.29 is 14.3 Å². The van der Waals surface area contributed by atoms with Crippen molar-refractivity contribution in [2.24, 2.45) is 5.92 Å². The quantitative estimate of drug-likeness (QED) is 0.858. The molecule has 132 valence electrons. The predicted molar refractivity (Wildman–Crippen MR) is 97.0 cm³/mol. The largest absolute Gasteiger partial charge is 0.497 e. The van der Waals surface area contributed by atoms with Crippen LogP contribution in [0.15, 0.2) is 29.6 Å². The van der Waals surface area contributed by atoms with Crippen molar-refractivity contribution in [2.75, 3.05) is 25.1 Å². The van der Waals surface area contributed by atoms with Gasteiger partial charge in [0.2, 0.25) is 11.8 Å². The first-order valence-corrected chi connectivity index (χ1v) is 9.08. The summed E-state index contributed by atoms with van der Waals surface area (Å²) < 4.78 is 5.13. The van der Waals surface area contributed by atoms with Crippen LogP contribution >= 0.6 is 11.3 Å². The summed E-state index contributed by atoms with van der Waals surface area (Å²) in [5.41, 5.74) is 1.78. The Bertz CT molecular complexity index is 757. The monoisotopic (exact) mass is 359 g/mol. The number of hydrogen-bond acceptors (Lipinski definition) is 5. The van der Waals surface area contributed by atoms with Crippen molar-refractivity contribution >= 4 is 28.8 Å². The number of aryl methyl sites for hydroxylation is 1. The van der Waals surface area contributed by atoms with Gasteiger partial charge in [0.1, 0.15) is 5.75 Å². The van der Waals surface area contributed by atoms with Crippen molar-refractivity contribution in [1.29, 1.82) is 0 Å². The molecule has 1 fully saturated rings. The zero-order valence-electron chi connectivity index (χ0n) is 14.3. The van der Waals surface area contributed by atoms with Crippen molar-refractivity contribution in [2.45, 2.75) is 19.8 Å². The van der Waals surface area contributed by atoms with E-state index >= 15 is 0 Å². The number of carbonyl (C=O) groups excluding carboxylic acids is 2. The summed E-state index contributed by atoms with van der Waals surface area (Å²) in [5.74, 6) is 0.325. The van der Waals surface area contributed by atoms with Gasteiger partial charge in [-0.1, -0.05) is 0 Å². The molecule has 0 aliphatic carbocycles. The molecule has 0 saturated carbocycles. The smallest absolute Gasteiger partial charge is 0.227 e. The molecule has 2 aromatic rings. The molecule has 1 N–H and O–H groups in total. The van der Waals surface area contributed by atoms with Crippen molar-refractivity contribution in [3.8, 4) is 5.75 Å². The van der Waals surface area contributed by atoms with Gasteiger partial charge in [-0.15, -0.1) is 11.3 Å². The molecule has 1 aliphatic heterocycles. The second-order valence-corrected chi connectivity index (χ2v) is 7.06. The van der Waals surface area contributed by atoms with Gasteiger partial charge in [0.05, 0.1) is 23.7 Å². The Kier molecular flexibility index (Phi) is 5.33. The minimum absolute atomic E-state index is 0.0274. The molecule has 6 nitrogen and oxygen atoms in total. The molecule has 1 atom stereocenters. The standard InChI is InChI=1S/C18H21N3O3S/c1-12-20-14(11-25-12)7-8-19-18(23)13-9-17(22)21(10-13)15-3-5-16(24-2)6-4-15/h3-6,11,13H,7-10H2,1-2H3,(H,19,23)/t13-/m0/s1. The van der Waals surface area contributed by atoms with Crippen LogP contribution in [-0.2, 0) is 16.0 Å². The second kappa shape index (κ2) is 7.65. The van der Waals surface area contributed by atoms with Crippen molar-refractivity contribution in [1.82, 2.24) is 10.3 Å². The van der Waals surface area contributed by atoms with Gasteiger partial charge in [-0.05, 0) is 31.2 Å². The summed E-state index contributed by atoms with van der Waals surface area (Å²) in [6, 6.07) is 7.29. The van der Waals surface area contributed by atoms with Crippen LogP contribution in [0.4, 0.5) is 5.69 Å². The van der Waals surface area contributed by atoms with E-state index in [9.17, 15) is 9.59 Å². The van der Waals surface area contributed by atoms with Gasteiger partial charge in [0.15, 0.2) is 0 Å². The highest BCUT2D eigenvalue weighted by Gasteiger charge is 2.34. The Labute approximate surface area is 150 Å². The van der Waals surface area contributed by atoms with Gasteiger partial charge < -0.3 is 15.0 Å². The second-order valence-electron chi connectivity index (χ2n) is 6.00. The van der Waals surface area contributed by atoms with E-state index in [1.54, 1.807) is 23.3 Å². The molecule has 3 rings (SSSR count). The lowest BCUT2D eigenvalue weighted by Crippen LogP contribution is -2.34. The fourth-order valence-corrected chi connectivity index (χ4v) is 3.52. The van der Waals surface area contributed by atoms with Gasteiger partial charge in [0, 0.05) is 37.0 Å². The normalized spacial score (nSPS) is 17.0. The molecule has 1 aromatic carbocycles. The Balaban J connectivity index is 1.53. The molecule has 1 aromatic heterocycles. The van der Waals surface area contributed by atoms with E-state index in [2.05, 4.69) is 10.3 Å². The minimum Gasteiger partial charge on any atom is -0.497 e. The number of amides is 2. The number of ether oxygens (including phenoxy) is 1. The summed E-state index contributed by atoms with van der Waals surface area (Å²) in [6.07, 6.45) is 0.951. The Morgan fingerprint density at radius 3 is 2.80 bits per heavy atom. The van der Waals surface area contributed by atoms with E-state index in [0.29, 0.717) is 19.5 Å². The highest BCUT2D eigenvalue weighted by atomic mass is 32.1. The molecule has 0 spiro atoms. The van der Waals surface area contributed by atoms with E-state index in [1.165, 1.54) is 0 Å². The molecule has 7 heteroatoms. The molecular weight excluding hydrogens is 338 g/mol. The van der Waals surface area contributed by atoms with E-state index < -0.39 is 0 Å². The number of aromatic nitrogens is 1. The molecular formula is C18H21N3O3S. The average Bonchev–Trinajstić information content (AvgIpc) is 3.20. The number of rotatable bonds is 6. The number of carbonyl (C=O) groups is 2. The maximum absolute atomic E-state index is 12.3. The lowest BCUT2D eigenvalue weighted by atomic mass is 10.1. The number of benzene rings is 1. The molecule has 1 saturated heterocycles. The third-order valence-corrected chi connectivity index (χ3v) is 5.05. The highest BCUT2D eigenvalue weighted by molar-refractivity contribution is 7.09. The summed E-state index contributed by atoms with van der Waals surface area (Å²) >= 11 is 1.61. The lowest BCUT2D eigenvalue weighted by Gasteiger charge is -2.17. The molecule has 0 radical (unpaired) electrons. The number of hydrogen-bond donors (Lipinski definition) is 1. The topological polar surface area (TPSA) is 71.5 Å². The van der Waals surface area contributed by atoms with Crippen LogP contribution in [0.3, 0.4) is 0 Å². The molecule has 0 bridgehead atoms. The van der Waals surface area contributed by atoms with Crippen LogP contribution in [0.1, 0.15) is 17.1 Å². The molecule has 1 aliphatic rings. The predicted octanol–water partition coefficient (Wildman–Crippen LogP) is 2.17. The van der Waals surface area contributed by atoms with Gasteiger partial charge >= 0.3 is 0 Å². The number of methoxy groups -OCH3 is 1. The highest BCUT2D eigenvalue weighted by Crippen LogP contribution is 2.26. The van der Waals surface area contributed by atoms with Crippen LogP contribution < -0.4 is 15.0 Å². The van der Waals surface area contributed by atoms with Crippen LogP contribution in [0, 0.1) is 12.8 Å². The maximum Gasteiger partial charge on any atom is 0.227 e. The summed E-state index contributed by atoms with van der Waals surface area (Å²) in [5, 5.41) is 5.95. The Morgan fingerprint density at radius 1 is 1.40 bits per heavy atom. The first kappa shape index (κ1) is 17.4. The summed E-state index contributed by atoms with van der Waals surface area (Å²) in [4.78, 5) is 30.6. The average molecular weight is 359 g/mol. The maximum atomic E-state index is 12.3. The Morgan fingerprint density at radius 2 is 2.16 bits per heavy atom. The minimum atomic E-state index is -0.313. The third-order valence-electron chi connectivity index (χ3n) is 4.23. The SMILES string of the molecule is COc1ccc(N2C[C@@H](C(=O)NCCc3csc(C)n3)CC2=O)cc1. The van der Waals surface area contributed by atoms with E-state index in [0.717, 1.165) is 22.1 Å². The third kappa shape index (κ3) is 4.17. The van der Waals surface area contributed by atoms with E-state index in [-0.39, 0.29) is 24.2 Å². The van der Waals surface area contributed by atoms with Crippen molar-refractivity contribution in [3.05, 3.63) is 40.3 Å². The van der Waals surface area contributed by atoms with Gasteiger partial charge in [-0.25, -0.2) is 4.98 Å². The fourth-order valence-electron chi connectivity index (χ4n) is 2.88. The van der Waals surface area contributed by atoms with Crippen LogP contribution in [0.25, 0.3) is 0 Å². The fraction of sp³-hybridized carbons (Fsp3) is 0.389. The van der Waals surface area contributed by atoms with Crippen LogP contribution in [0.5, 0.6) is 5.75 Å². The van der Waals surface area contributed by atoms with Crippen LogP contribution in [0.2, 0.25) is 0 Å².